The second-order valence-corrected chi connectivity index (χ2v) is 5.06. The number of fused-ring (bicyclic) bond motifs is 1. The first-order chi connectivity index (χ1) is 11.2. The second kappa shape index (κ2) is 6.87. The monoisotopic (exact) mass is 312 g/mol. The number of carbonyl (C=O) groups excluding carboxylic acids is 2. The van der Waals surface area contributed by atoms with E-state index in [1.54, 1.807) is 30.7 Å². The van der Waals surface area contributed by atoms with Gasteiger partial charge in [-0.1, -0.05) is 18.2 Å². The highest BCUT2D eigenvalue weighted by Gasteiger charge is 2.30. The van der Waals surface area contributed by atoms with Gasteiger partial charge in [-0.05, 0) is 11.6 Å². The van der Waals surface area contributed by atoms with E-state index in [1.165, 1.54) is 0 Å². The Morgan fingerprint density at radius 2 is 2.13 bits per heavy atom. The van der Waals surface area contributed by atoms with E-state index in [-0.39, 0.29) is 5.91 Å². The van der Waals surface area contributed by atoms with Crippen molar-refractivity contribution in [1.82, 2.24) is 15.3 Å². The fraction of sp³-hybridized carbons (Fsp3) is 0.250. The summed E-state index contributed by atoms with van der Waals surface area (Å²) in [6, 6.07) is 7.16. The molecule has 1 aromatic carbocycles. The van der Waals surface area contributed by atoms with E-state index in [9.17, 15) is 9.59 Å². The van der Waals surface area contributed by atoms with Crippen molar-refractivity contribution in [2.45, 2.75) is 12.5 Å². The largest absolute Gasteiger partial charge is 0.448 e. The average molecular weight is 312 g/mol. The molecule has 0 saturated heterocycles. The summed E-state index contributed by atoms with van der Waals surface area (Å²) in [6.07, 6.45) is 4.38. The Morgan fingerprint density at radius 1 is 1.26 bits per heavy atom. The molecule has 1 aliphatic rings. The standard InChI is InChI=1S/C16H16N4O3/c21-15(20-8-7-19-14-10-17-5-6-18-14)13-9-11-3-1-2-4-12(11)16(22)23-13/h1-6,10,13H,7-9H2,(H,18,19)(H,20,21). The zero-order valence-electron chi connectivity index (χ0n) is 12.4. The van der Waals surface area contributed by atoms with Crippen LogP contribution in [-0.2, 0) is 16.0 Å². The maximum absolute atomic E-state index is 12.1. The zero-order chi connectivity index (χ0) is 16.1. The van der Waals surface area contributed by atoms with Gasteiger partial charge < -0.3 is 15.4 Å². The van der Waals surface area contributed by atoms with Gasteiger partial charge in [-0.2, -0.15) is 0 Å². The molecule has 2 heterocycles. The number of hydrogen-bond acceptors (Lipinski definition) is 6. The Labute approximate surface area is 133 Å². The zero-order valence-corrected chi connectivity index (χ0v) is 12.4. The summed E-state index contributed by atoms with van der Waals surface area (Å²) in [6.45, 7) is 0.896. The van der Waals surface area contributed by atoms with Crippen LogP contribution in [0.15, 0.2) is 42.9 Å². The third-order valence-corrected chi connectivity index (χ3v) is 3.48. The molecule has 0 aliphatic carbocycles. The Hall–Kier alpha value is -2.96. The van der Waals surface area contributed by atoms with E-state index in [4.69, 9.17) is 4.74 Å². The number of anilines is 1. The number of benzene rings is 1. The van der Waals surface area contributed by atoms with Crippen LogP contribution in [0.2, 0.25) is 0 Å². The smallest absolute Gasteiger partial charge is 0.339 e. The average Bonchev–Trinajstić information content (AvgIpc) is 2.59. The molecule has 0 bridgehead atoms. The molecule has 1 unspecified atom stereocenters. The second-order valence-electron chi connectivity index (χ2n) is 5.06. The maximum atomic E-state index is 12.1. The minimum Gasteiger partial charge on any atom is -0.448 e. The van der Waals surface area contributed by atoms with E-state index in [2.05, 4.69) is 20.6 Å². The number of ether oxygens (including phenoxy) is 1. The molecule has 0 saturated carbocycles. The Balaban J connectivity index is 1.49. The normalized spacial score (nSPS) is 16.2. The molecule has 0 radical (unpaired) electrons. The molecular weight excluding hydrogens is 296 g/mol. The van der Waals surface area contributed by atoms with E-state index in [1.807, 2.05) is 12.1 Å². The van der Waals surface area contributed by atoms with E-state index >= 15 is 0 Å². The van der Waals surface area contributed by atoms with Gasteiger partial charge in [-0.3, -0.25) is 9.78 Å². The molecule has 3 rings (SSSR count). The lowest BCUT2D eigenvalue weighted by Gasteiger charge is -2.23. The van der Waals surface area contributed by atoms with E-state index in [0.29, 0.717) is 30.9 Å². The highest BCUT2D eigenvalue weighted by Crippen LogP contribution is 2.20. The summed E-state index contributed by atoms with van der Waals surface area (Å²) < 4.78 is 5.20. The SMILES string of the molecule is O=C1OC(C(=O)NCCNc2cnccn2)Cc2ccccc21. The third-order valence-electron chi connectivity index (χ3n) is 3.48. The van der Waals surface area contributed by atoms with Crippen molar-refractivity contribution >= 4 is 17.7 Å². The molecule has 0 fully saturated rings. The third kappa shape index (κ3) is 3.63. The fourth-order valence-electron chi connectivity index (χ4n) is 2.36. The highest BCUT2D eigenvalue weighted by atomic mass is 16.5. The first kappa shape index (κ1) is 15.0. The summed E-state index contributed by atoms with van der Waals surface area (Å²) >= 11 is 0. The molecule has 2 aromatic rings. The number of amides is 1. The van der Waals surface area contributed by atoms with Crippen molar-refractivity contribution in [2.75, 3.05) is 18.4 Å². The number of aromatic nitrogens is 2. The van der Waals surface area contributed by atoms with Crippen LogP contribution < -0.4 is 10.6 Å². The molecule has 7 heteroatoms. The predicted octanol–water partition coefficient (Wildman–Crippen LogP) is 0.786. The van der Waals surface area contributed by atoms with Gasteiger partial charge in [0.25, 0.3) is 5.91 Å². The highest BCUT2D eigenvalue weighted by molar-refractivity contribution is 5.95. The number of nitrogens with zero attached hydrogens (tertiary/aromatic N) is 2. The molecule has 118 valence electrons. The lowest BCUT2D eigenvalue weighted by atomic mass is 9.98. The minimum atomic E-state index is -0.783. The maximum Gasteiger partial charge on any atom is 0.339 e. The number of hydrogen-bond donors (Lipinski definition) is 2. The first-order valence-corrected chi connectivity index (χ1v) is 7.30. The lowest BCUT2D eigenvalue weighted by molar-refractivity contribution is -0.130. The summed E-state index contributed by atoms with van der Waals surface area (Å²) in [4.78, 5) is 32.0. The van der Waals surface area contributed by atoms with Gasteiger partial charge in [0.05, 0.1) is 11.8 Å². The van der Waals surface area contributed by atoms with Crippen LogP contribution in [-0.4, -0.2) is 41.0 Å². The van der Waals surface area contributed by atoms with Crippen LogP contribution >= 0.6 is 0 Å². The summed E-state index contributed by atoms with van der Waals surface area (Å²) in [7, 11) is 0. The van der Waals surface area contributed by atoms with Gasteiger partial charge in [0.2, 0.25) is 0 Å². The topological polar surface area (TPSA) is 93.2 Å². The molecule has 23 heavy (non-hydrogen) atoms. The van der Waals surface area contributed by atoms with Gasteiger partial charge >= 0.3 is 5.97 Å². The molecule has 1 atom stereocenters. The van der Waals surface area contributed by atoms with Crippen LogP contribution in [0, 0.1) is 0 Å². The van der Waals surface area contributed by atoms with Gasteiger partial charge in [-0.15, -0.1) is 0 Å². The van der Waals surface area contributed by atoms with Gasteiger partial charge in [0.15, 0.2) is 6.10 Å². The molecule has 7 nitrogen and oxygen atoms in total. The molecule has 1 aliphatic heterocycles. The van der Waals surface area contributed by atoms with Crippen molar-refractivity contribution in [3.8, 4) is 0 Å². The quantitative estimate of drug-likeness (QED) is 0.626. The predicted molar refractivity (Wildman–Crippen MR) is 82.9 cm³/mol. The number of carbonyl (C=O) groups is 2. The van der Waals surface area contributed by atoms with Crippen LogP contribution in [0.25, 0.3) is 0 Å². The van der Waals surface area contributed by atoms with E-state index in [0.717, 1.165) is 5.56 Å². The molecule has 0 spiro atoms. The van der Waals surface area contributed by atoms with Crippen molar-refractivity contribution in [2.24, 2.45) is 0 Å². The minimum absolute atomic E-state index is 0.297. The Bertz CT molecular complexity index is 705. The summed E-state index contributed by atoms with van der Waals surface area (Å²) in [5, 5.41) is 5.78. The summed E-state index contributed by atoms with van der Waals surface area (Å²) in [5.74, 6) is -0.113. The number of nitrogens with one attached hydrogen (secondary N) is 2. The summed E-state index contributed by atoms with van der Waals surface area (Å²) in [5.41, 5.74) is 1.36. The van der Waals surface area contributed by atoms with Crippen molar-refractivity contribution in [3.63, 3.8) is 0 Å². The molecular formula is C16H16N4O3. The van der Waals surface area contributed by atoms with Crippen molar-refractivity contribution in [1.29, 1.82) is 0 Å². The molecule has 1 amide bonds. The number of esters is 1. The fourth-order valence-corrected chi connectivity index (χ4v) is 2.36. The van der Waals surface area contributed by atoms with Crippen LogP contribution in [0.4, 0.5) is 5.82 Å². The van der Waals surface area contributed by atoms with E-state index < -0.39 is 12.1 Å². The van der Waals surface area contributed by atoms with Crippen molar-refractivity contribution in [3.05, 3.63) is 54.0 Å². The van der Waals surface area contributed by atoms with Crippen LogP contribution in [0.3, 0.4) is 0 Å². The van der Waals surface area contributed by atoms with Gasteiger partial charge in [0, 0.05) is 31.9 Å². The first-order valence-electron chi connectivity index (χ1n) is 7.30. The Morgan fingerprint density at radius 3 is 2.96 bits per heavy atom. The molecule has 2 N–H and O–H groups in total. The van der Waals surface area contributed by atoms with Crippen LogP contribution in [0.5, 0.6) is 0 Å². The lowest BCUT2D eigenvalue weighted by Crippen LogP contribution is -2.43. The number of cyclic esters (lactones) is 1. The number of rotatable bonds is 5. The van der Waals surface area contributed by atoms with Gasteiger partial charge in [0.1, 0.15) is 5.82 Å². The Kier molecular flexibility index (Phi) is 4.46. The van der Waals surface area contributed by atoms with Gasteiger partial charge in [-0.25, -0.2) is 9.78 Å². The van der Waals surface area contributed by atoms with Crippen LogP contribution in [0.1, 0.15) is 15.9 Å². The molecule has 1 aromatic heterocycles. The van der Waals surface area contributed by atoms with Crippen molar-refractivity contribution < 1.29 is 14.3 Å².